The zero-order valence-corrected chi connectivity index (χ0v) is 15.7. The minimum atomic E-state index is -0.283. The van der Waals surface area contributed by atoms with Crippen molar-refractivity contribution in [2.24, 2.45) is 0 Å². The van der Waals surface area contributed by atoms with Crippen molar-refractivity contribution >= 4 is 34.8 Å². The largest absolute Gasteiger partial charge is 0.495 e. The first-order valence-corrected chi connectivity index (χ1v) is 8.76. The molecule has 0 fully saturated rings. The average molecular weight is 379 g/mol. The highest BCUT2D eigenvalue weighted by molar-refractivity contribution is 6.09. The van der Waals surface area contributed by atoms with Gasteiger partial charge in [-0.1, -0.05) is 24.8 Å². The van der Waals surface area contributed by atoms with Crippen LogP contribution >= 0.6 is 0 Å². The van der Waals surface area contributed by atoms with Crippen LogP contribution in [-0.2, 0) is 9.59 Å². The van der Waals surface area contributed by atoms with Crippen molar-refractivity contribution < 1.29 is 19.1 Å². The number of carbonyl (C=O) groups excluding carboxylic acids is 3. The molecular formula is C21H21N3O4. The van der Waals surface area contributed by atoms with Gasteiger partial charge in [-0.3, -0.25) is 14.4 Å². The molecule has 28 heavy (non-hydrogen) atoms. The quantitative estimate of drug-likeness (QED) is 0.807. The van der Waals surface area contributed by atoms with E-state index in [-0.39, 0.29) is 30.7 Å². The first-order valence-electron chi connectivity index (χ1n) is 8.76. The first kappa shape index (κ1) is 19.2. The highest BCUT2D eigenvalue weighted by Crippen LogP contribution is 2.31. The van der Waals surface area contributed by atoms with E-state index in [4.69, 9.17) is 4.74 Å². The van der Waals surface area contributed by atoms with Gasteiger partial charge < -0.3 is 20.3 Å². The Kier molecular flexibility index (Phi) is 5.44. The van der Waals surface area contributed by atoms with Crippen molar-refractivity contribution in [3.63, 3.8) is 0 Å². The molecule has 0 bridgehead atoms. The maximum Gasteiger partial charge on any atom is 0.258 e. The predicted octanol–water partition coefficient (Wildman–Crippen LogP) is 3.11. The van der Waals surface area contributed by atoms with E-state index < -0.39 is 0 Å². The fourth-order valence-electron chi connectivity index (χ4n) is 3.08. The lowest BCUT2D eigenvalue weighted by molar-refractivity contribution is -0.116. The van der Waals surface area contributed by atoms with Crippen LogP contribution in [0.2, 0.25) is 0 Å². The number of anilines is 2. The van der Waals surface area contributed by atoms with Gasteiger partial charge >= 0.3 is 0 Å². The lowest BCUT2D eigenvalue weighted by atomic mass is 10.1. The van der Waals surface area contributed by atoms with Crippen molar-refractivity contribution in [2.75, 3.05) is 24.3 Å². The number of hydrogen-bond acceptors (Lipinski definition) is 4. The molecule has 1 heterocycles. The maximum atomic E-state index is 12.5. The van der Waals surface area contributed by atoms with Crippen molar-refractivity contribution in [2.45, 2.75) is 13.3 Å². The Morgan fingerprint density at radius 1 is 1.11 bits per heavy atom. The third-order valence-corrected chi connectivity index (χ3v) is 4.40. The number of rotatable bonds is 6. The number of nitrogens with zero attached hydrogens (tertiary/aromatic N) is 1. The van der Waals surface area contributed by atoms with E-state index in [0.29, 0.717) is 28.4 Å². The van der Waals surface area contributed by atoms with Gasteiger partial charge in [0.05, 0.1) is 12.8 Å². The summed E-state index contributed by atoms with van der Waals surface area (Å²) in [6.07, 6.45) is 0.0896. The number of fused-ring (bicyclic) bond motifs is 1. The van der Waals surface area contributed by atoms with Gasteiger partial charge in [-0.05, 0) is 24.3 Å². The lowest BCUT2D eigenvalue weighted by Crippen LogP contribution is -2.27. The molecule has 0 saturated carbocycles. The Bertz CT molecular complexity index is 933. The monoisotopic (exact) mass is 379 g/mol. The van der Waals surface area contributed by atoms with Gasteiger partial charge in [0.1, 0.15) is 5.75 Å². The molecular weight excluding hydrogens is 358 g/mol. The van der Waals surface area contributed by atoms with Gasteiger partial charge in [-0.2, -0.15) is 0 Å². The molecule has 3 rings (SSSR count). The summed E-state index contributed by atoms with van der Waals surface area (Å²) >= 11 is 0. The number of amides is 3. The molecule has 0 atom stereocenters. The van der Waals surface area contributed by atoms with Gasteiger partial charge in [-0.25, -0.2) is 0 Å². The second kappa shape index (κ2) is 7.96. The third-order valence-electron chi connectivity index (χ3n) is 4.40. The van der Waals surface area contributed by atoms with Crippen molar-refractivity contribution in [1.29, 1.82) is 0 Å². The van der Waals surface area contributed by atoms with Gasteiger partial charge in [-0.15, -0.1) is 0 Å². The standard InChI is InChI=1S/C21H21N3O4/c1-13-16-6-4-5-7-17(16)21(27)24(13)11-10-20(26)23-18-12-15(22-14(2)25)8-9-19(18)28-3/h4-9,12H,1,10-11H2,2-3H3,(H,22,25)(H,23,26). The lowest BCUT2D eigenvalue weighted by Gasteiger charge is -2.17. The number of ether oxygens (including phenoxy) is 1. The minimum absolute atomic E-state index is 0.0896. The molecule has 1 aliphatic rings. The zero-order valence-electron chi connectivity index (χ0n) is 15.7. The summed E-state index contributed by atoms with van der Waals surface area (Å²) in [5.41, 5.74) is 2.96. The molecule has 2 N–H and O–H groups in total. The van der Waals surface area contributed by atoms with Crippen LogP contribution in [0.3, 0.4) is 0 Å². The van der Waals surface area contributed by atoms with Gasteiger partial charge in [0.15, 0.2) is 0 Å². The molecule has 0 saturated heterocycles. The molecule has 0 spiro atoms. The minimum Gasteiger partial charge on any atom is -0.495 e. The molecule has 144 valence electrons. The molecule has 1 aliphatic heterocycles. The zero-order chi connectivity index (χ0) is 20.3. The summed E-state index contributed by atoms with van der Waals surface area (Å²) in [5, 5.41) is 5.42. The van der Waals surface area contributed by atoms with E-state index in [0.717, 1.165) is 5.56 Å². The topological polar surface area (TPSA) is 87.7 Å². The molecule has 0 aromatic heterocycles. The van der Waals surface area contributed by atoms with Crippen LogP contribution < -0.4 is 15.4 Å². The molecule has 3 amide bonds. The molecule has 0 unspecified atom stereocenters. The molecule has 2 aromatic carbocycles. The number of methoxy groups -OCH3 is 1. The average Bonchev–Trinajstić information content (AvgIpc) is 2.91. The van der Waals surface area contributed by atoms with Gasteiger partial charge in [0.2, 0.25) is 11.8 Å². The fourth-order valence-corrected chi connectivity index (χ4v) is 3.08. The Labute approximate surface area is 163 Å². The van der Waals surface area contributed by atoms with Crippen LogP contribution in [0.5, 0.6) is 5.75 Å². The van der Waals surface area contributed by atoms with Crippen LogP contribution in [0, 0.1) is 0 Å². The normalized spacial score (nSPS) is 12.6. The highest BCUT2D eigenvalue weighted by atomic mass is 16.5. The van der Waals surface area contributed by atoms with Crippen LogP contribution in [0.1, 0.15) is 29.3 Å². The second-order valence-corrected chi connectivity index (χ2v) is 6.34. The highest BCUT2D eigenvalue weighted by Gasteiger charge is 2.30. The Balaban J connectivity index is 1.66. The van der Waals surface area contributed by atoms with E-state index in [1.165, 1.54) is 18.9 Å². The van der Waals surface area contributed by atoms with Crippen LogP contribution in [-0.4, -0.2) is 36.3 Å². The summed E-state index contributed by atoms with van der Waals surface area (Å²) in [6, 6.07) is 12.2. The summed E-state index contributed by atoms with van der Waals surface area (Å²) in [6.45, 7) is 5.59. The van der Waals surface area contributed by atoms with Crippen molar-refractivity contribution in [3.05, 3.63) is 60.2 Å². The molecule has 2 aromatic rings. The van der Waals surface area contributed by atoms with Crippen LogP contribution in [0.4, 0.5) is 11.4 Å². The summed E-state index contributed by atoms with van der Waals surface area (Å²) in [7, 11) is 1.49. The Morgan fingerprint density at radius 3 is 2.46 bits per heavy atom. The summed E-state index contributed by atoms with van der Waals surface area (Å²) < 4.78 is 5.25. The predicted molar refractivity (Wildman–Crippen MR) is 107 cm³/mol. The van der Waals surface area contributed by atoms with E-state index in [2.05, 4.69) is 17.2 Å². The van der Waals surface area contributed by atoms with Gasteiger partial charge in [0, 0.05) is 42.4 Å². The fraction of sp³-hybridized carbons (Fsp3) is 0.190. The first-order chi connectivity index (χ1) is 13.4. The SMILES string of the molecule is C=C1c2ccccc2C(=O)N1CCC(=O)Nc1cc(NC(C)=O)ccc1OC. The number of nitrogens with one attached hydrogen (secondary N) is 2. The van der Waals surface area contributed by atoms with Crippen molar-refractivity contribution in [3.8, 4) is 5.75 Å². The van der Waals surface area contributed by atoms with E-state index in [1.807, 2.05) is 12.1 Å². The summed E-state index contributed by atoms with van der Waals surface area (Å²) in [5.74, 6) is -0.182. The number of carbonyl (C=O) groups is 3. The molecule has 0 aliphatic carbocycles. The van der Waals surface area contributed by atoms with Crippen LogP contribution in [0.25, 0.3) is 5.70 Å². The Hall–Kier alpha value is -3.61. The second-order valence-electron chi connectivity index (χ2n) is 6.34. The number of hydrogen-bond donors (Lipinski definition) is 2. The van der Waals surface area contributed by atoms with Crippen LogP contribution in [0.15, 0.2) is 49.0 Å². The van der Waals surface area contributed by atoms with E-state index in [9.17, 15) is 14.4 Å². The number of benzene rings is 2. The smallest absolute Gasteiger partial charge is 0.258 e. The van der Waals surface area contributed by atoms with E-state index >= 15 is 0 Å². The molecule has 7 heteroatoms. The summed E-state index contributed by atoms with van der Waals surface area (Å²) in [4.78, 5) is 37.7. The molecule has 7 nitrogen and oxygen atoms in total. The van der Waals surface area contributed by atoms with Crippen molar-refractivity contribution in [1.82, 2.24) is 4.90 Å². The van der Waals surface area contributed by atoms with E-state index in [1.54, 1.807) is 30.3 Å². The molecule has 0 radical (unpaired) electrons. The Morgan fingerprint density at radius 2 is 1.82 bits per heavy atom. The maximum absolute atomic E-state index is 12.5. The third kappa shape index (κ3) is 3.88. The van der Waals surface area contributed by atoms with Gasteiger partial charge in [0.25, 0.3) is 5.91 Å².